The van der Waals surface area contributed by atoms with E-state index < -0.39 is 0 Å². The molecule has 0 saturated heterocycles. The van der Waals surface area contributed by atoms with Crippen LogP contribution in [0.3, 0.4) is 0 Å². The molecule has 70 heavy (non-hydrogen) atoms. The normalized spacial score (nSPS) is 11.7. The molecule has 324 valence electrons. The zero-order valence-corrected chi connectivity index (χ0v) is 38.4. The van der Waals surface area contributed by atoms with Crippen molar-refractivity contribution in [3.05, 3.63) is 267 Å². The van der Waals surface area contributed by atoms with Gasteiger partial charge in [0.05, 0.1) is 0 Å². The maximum atomic E-state index is 2.37. The third-order valence-corrected chi connectivity index (χ3v) is 14.8. The quantitative estimate of drug-likeness (QED) is 0.115. The highest BCUT2D eigenvalue weighted by Gasteiger charge is 2.19. The Balaban J connectivity index is 0.825. The summed E-state index contributed by atoms with van der Waals surface area (Å²) in [7, 11) is 0. The highest BCUT2D eigenvalue weighted by atomic mass is 14.2. The molecule has 0 nitrogen and oxygen atoms in total. The molecule has 0 heterocycles. The third kappa shape index (κ3) is 6.45. The van der Waals surface area contributed by atoms with Gasteiger partial charge < -0.3 is 0 Å². The molecule has 0 saturated carbocycles. The maximum Gasteiger partial charge on any atom is -0.00262 e. The lowest BCUT2D eigenvalue weighted by Crippen LogP contribution is -1.91. The Kier molecular flexibility index (Phi) is 9.32. The minimum absolute atomic E-state index is 1.20. The lowest BCUT2D eigenvalue weighted by atomic mass is 9.85. The molecule has 0 N–H and O–H groups in total. The fraction of sp³-hybridized carbons (Fsp3) is 0. The average molecular weight is 885 g/mol. The van der Waals surface area contributed by atoms with Crippen LogP contribution < -0.4 is 0 Å². The van der Waals surface area contributed by atoms with Crippen molar-refractivity contribution in [2.24, 2.45) is 0 Å². The van der Waals surface area contributed by atoms with Gasteiger partial charge in [-0.3, -0.25) is 0 Å². The van der Waals surface area contributed by atoms with Gasteiger partial charge >= 0.3 is 0 Å². The minimum atomic E-state index is 1.20. The molecule has 14 rings (SSSR count). The van der Waals surface area contributed by atoms with Gasteiger partial charge in [0, 0.05) is 0 Å². The number of fused-ring (bicyclic) bond motifs is 8. The lowest BCUT2D eigenvalue weighted by Gasteiger charge is -2.18. The van der Waals surface area contributed by atoms with E-state index in [2.05, 4.69) is 267 Å². The van der Waals surface area contributed by atoms with E-state index in [-0.39, 0.29) is 0 Å². The summed E-state index contributed by atoms with van der Waals surface area (Å²) >= 11 is 0. The van der Waals surface area contributed by atoms with Crippen LogP contribution in [0.15, 0.2) is 267 Å². The van der Waals surface area contributed by atoms with Crippen molar-refractivity contribution in [1.29, 1.82) is 0 Å². The molecule has 0 atom stereocenters. The van der Waals surface area contributed by atoms with Gasteiger partial charge in [-0.1, -0.05) is 249 Å². The first kappa shape index (κ1) is 40.0. The molecule has 0 fully saturated rings. The van der Waals surface area contributed by atoms with Gasteiger partial charge in [0.25, 0.3) is 0 Å². The molecule has 0 radical (unpaired) electrons. The Bertz CT molecular complexity index is 4250. The summed E-state index contributed by atoms with van der Waals surface area (Å²) in [5.74, 6) is 0. The summed E-state index contributed by atoms with van der Waals surface area (Å²) in [6, 6.07) is 98.7. The van der Waals surface area contributed by atoms with E-state index in [1.807, 2.05) is 0 Å². The van der Waals surface area contributed by atoms with E-state index in [0.717, 1.165) is 0 Å². The molecule has 14 aromatic rings. The first-order valence-corrected chi connectivity index (χ1v) is 24.3. The maximum absolute atomic E-state index is 2.37. The monoisotopic (exact) mass is 884 g/mol. The molecule has 0 aliphatic heterocycles. The predicted molar refractivity (Wildman–Crippen MR) is 302 cm³/mol. The smallest absolute Gasteiger partial charge is 0.00262 e. The fourth-order valence-electron chi connectivity index (χ4n) is 11.6. The third-order valence-electron chi connectivity index (χ3n) is 14.8. The molecular formula is C70H44. The minimum Gasteiger partial charge on any atom is -0.0622 e. The first-order valence-electron chi connectivity index (χ1n) is 24.3. The van der Waals surface area contributed by atoms with E-state index in [9.17, 15) is 0 Å². The number of benzene rings is 14. The Morgan fingerprint density at radius 2 is 0.457 bits per heavy atom. The lowest BCUT2D eigenvalue weighted by molar-refractivity contribution is 1.62. The van der Waals surface area contributed by atoms with Crippen LogP contribution in [-0.2, 0) is 0 Å². The average Bonchev–Trinajstić information content (AvgIpc) is 3.44. The van der Waals surface area contributed by atoms with Gasteiger partial charge in [0.15, 0.2) is 0 Å². The Morgan fingerprint density at radius 3 is 0.943 bits per heavy atom. The fourth-order valence-corrected chi connectivity index (χ4v) is 11.6. The molecule has 0 bridgehead atoms. The second kappa shape index (κ2) is 16.3. The van der Waals surface area contributed by atoms with Crippen molar-refractivity contribution in [1.82, 2.24) is 0 Å². The summed E-state index contributed by atoms with van der Waals surface area (Å²) in [4.78, 5) is 0. The molecule has 0 aliphatic rings. The van der Waals surface area contributed by atoms with Crippen molar-refractivity contribution >= 4 is 75.4 Å². The van der Waals surface area contributed by atoms with E-state index in [0.29, 0.717) is 0 Å². The van der Waals surface area contributed by atoms with Crippen LogP contribution in [0.4, 0.5) is 0 Å². The molecule has 14 aromatic carbocycles. The van der Waals surface area contributed by atoms with Crippen molar-refractivity contribution in [2.75, 3.05) is 0 Å². The zero-order chi connectivity index (χ0) is 46.1. The molecule has 0 amide bonds. The second-order valence-electron chi connectivity index (χ2n) is 18.7. The van der Waals surface area contributed by atoms with Gasteiger partial charge in [-0.25, -0.2) is 0 Å². The standard InChI is InChI=1S/C70H44/c1-2-16-47(17-3-1)67-62-26-12-14-28-64(62)70(65-29-15-13-27-63(65)67)54-41-40-51-42-50(38-39-52(51)43-54)45-30-34-48(35-31-45)68-58-22-8-10-24-60(58)69(61-25-11-9-23-59(61)68)49-36-32-46(33-37-49)66-44-53-18-4-5-19-55(53)56-20-6-7-21-57(56)66/h1-44H. The molecule has 0 spiro atoms. The SMILES string of the molecule is c1ccc(-c2c3ccccc3c(-c3ccc4cc(-c5ccc(-c6c7ccccc7c(-c7ccc(-c8cc9ccccc9c9ccccc89)cc7)c7ccccc67)cc5)ccc4c3)c3ccccc23)cc1. The van der Waals surface area contributed by atoms with Crippen molar-refractivity contribution in [3.8, 4) is 66.8 Å². The molecule has 0 heteroatoms. The van der Waals surface area contributed by atoms with Crippen LogP contribution in [0.1, 0.15) is 0 Å². The van der Waals surface area contributed by atoms with Gasteiger partial charge in [-0.2, -0.15) is 0 Å². The second-order valence-corrected chi connectivity index (χ2v) is 18.7. The number of hydrogen-bond donors (Lipinski definition) is 0. The van der Waals surface area contributed by atoms with Gasteiger partial charge in [-0.05, 0) is 160 Å². The van der Waals surface area contributed by atoms with Crippen LogP contribution in [0.25, 0.3) is 142 Å². The topological polar surface area (TPSA) is 0 Å². The molecule has 0 unspecified atom stereocenters. The Labute approximate surface area is 407 Å². The van der Waals surface area contributed by atoms with E-state index >= 15 is 0 Å². The van der Waals surface area contributed by atoms with Crippen LogP contribution in [-0.4, -0.2) is 0 Å². The summed E-state index contributed by atoms with van der Waals surface area (Å²) < 4.78 is 0. The van der Waals surface area contributed by atoms with Gasteiger partial charge in [0.2, 0.25) is 0 Å². The van der Waals surface area contributed by atoms with Gasteiger partial charge in [-0.15, -0.1) is 0 Å². The molecule has 0 aromatic heterocycles. The molecule has 0 aliphatic carbocycles. The summed E-state index contributed by atoms with van der Waals surface area (Å²) in [5.41, 5.74) is 14.9. The zero-order valence-electron chi connectivity index (χ0n) is 38.4. The summed E-state index contributed by atoms with van der Waals surface area (Å²) in [6.45, 7) is 0. The summed E-state index contributed by atoms with van der Waals surface area (Å²) in [5, 5.41) is 17.7. The highest BCUT2D eigenvalue weighted by molar-refractivity contribution is 6.23. The van der Waals surface area contributed by atoms with Crippen LogP contribution >= 0.6 is 0 Å². The van der Waals surface area contributed by atoms with Crippen LogP contribution in [0.2, 0.25) is 0 Å². The first-order chi connectivity index (χ1) is 34.7. The van der Waals surface area contributed by atoms with Crippen LogP contribution in [0, 0.1) is 0 Å². The molecular weight excluding hydrogens is 841 g/mol. The predicted octanol–water partition coefficient (Wildman–Crippen LogP) is 19.8. The van der Waals surface area contributed by atoms with E-state index in [1.165, 1.54) is 142 Å². The van der Waals surface area contributed by atoms with Crippen molar-refractivity contribution < 1.29 is 0 Å². The number of rotatable bonds is 6. The van der Waals surface area contributed by atoms with Gasteiger partial charge in [0.1, 0.15) is 0 Å². The summed E-state index contributed by atoms with van der Waals surface area (Å²) in [6.07, 6.45) is 0. The Morgan fingerprint density at radius 1 is 0.143 bits per heavy atom. The van der Waals surface area contributed by atoms with Crippen LogP contribution in [0.5, 0.6) is 0 Å². The van der Waals surface area contributed by atoms with E-state index in [4.69, 9.17) is 0 Å². The Hall–Kier alpha value is -9.10. The highest BCUT2D eigenvalue weighted by Crippen LogP contribution is 2.47. The van der Waals surface area contributed by atoms with Crippen molar-refractivity contribution in [2.45, 2.75) is 0 Å². The van der Waals surface area contributed by atoms with Crippen molar-refractivity contribution in [3.63, 3.8) is 0 Å². The number of hydrogen-bond acceptors (Lipinski definition) is 0. The van der Waals surface area contributed by atoms with E-state index in [1.54, 1.807) is 0 Å². The largest absolute Gasteiger partial charge is 0.0622 e.